The zero-order valence-electron chi connectivity index (χ0n) is 12.4. The van der Waals surface area contributed by atoms with E-state index in [0.717, 1.165) is 12.8 Å². The molecule has 0 aliphatic heterocycles. The third kappa shape index (κ3) is 2.69. The second-order valence-corrected chi connectivity index (χ2v) is 7.12. The molecule has 0 radical (unpaired) electrons. The van der Waals surface area contributed by atoms with Crippen LogP contribution < -0.4 is 0 Å². The third-order valence-electron chi connectivity index (χ3n) is 5.90. The van der Waals surface area contributed by atoms with Crippen molar-refractivity contribution in [2.45, 2.75) is 69.2 Å². The Labute approximate surface area is 125 Å². The lowest BCUT2D eigenvalue weighted by atomic mass is 9.55. The summed E-state index contributed by atoms with van der Waals surface area (Å²) >= 11 is 0. The third-order valence-corrected chi connectivity index (χ3v) is 5.90. The van der Waals surface area contributed by atoms with Crippen LogP contribution in [0.2, 0.25) is 0 Å². The Hall–Kier alpha value is -0.710. The number of rotatable bonds is 3. The Morgan fingerprint density at radius 1 is 1.19 bits per heavy atom. The van der Waals surface area contributed by atoms with Crippen molar-refractivity contribution >= 4 is 5.78 Å². The normalized spacial score (nSPS) is 42.6. The molecule has 0 aromatic rings. The quantitative estimate of drug-likeness (QED) is 0.691. The van der Waals surface area contributed by atoms with Crippen molar-refractivity contribution < 1.29 is 20.1 Å². The molecule has 3 rings (SSSR count). The Morgan fingerprint density at radius 2 is 1.90 bits per heavy atom. The minimum absolute atomic E-state index is 0.0920. The van der Waals surface area contributed by atoms with Gasteiger partial charge in [-0.3, -0.25) is 4.79 Å². The maximum Gasteiger partial charge on any atom is 0.165 e. The van der Waals surface area contributed by atoms with Gasteiger partial charge in [0, 0.05) is 18.3 Å². The van der Waals surface area contributed by atoms with Gasteiger partial charge in [-0.2, -0.15) is 0 Å². The molecule has 21 heavy (non-hydrogen) atoms. The number of carbonyl (C=O) groups excluding carboxylic acids is 1. The summed E-state index contributed by atoms with van der Waals surface area (Å²) in [7, 11) is 0. The van der Waals surface area contributed by atoms with Crippen molar-refractivity contribution in [3.63, 3.8) is 0 Å². The molecule has 3 aliphatic rings. The number of ketones is 1. The molecule has 3 fully saturated rings. The molecular formula is C17H26O4. The van der Waals surface area contributed by atoms with Crippen molar-refractivity contribution in [1.29, 1.82) is 0 Å². The molecule has 0 heterocycles. The molecule has 0 aromatic carbocycles. The average molecular weight is 294 g/mol. The number of hydrogen-bond acceptors (Lipinski definition) is 4. The first-order valence-electron chi connectivity index (χ1n) is 8.32. The van der Waals surface area contributed by atoms with Crippen LogP contribution in [0.25, 0.3) is 0 Å². The first-order chi connectivity index (χ1) is 10.0. The highest BCUT2D eigenvalue weighted by atomic mass is 16.3. The van der Waals surface area contributed by atoms with E-state index in [0.29, 0.717) is 25.2 Å². The van der Waals surface area contributed by atoms with Gasteiger partial charge in [-0.15, -0.1) is 0 Å². The predicted octanol–water partition coefficient (Wildman–Crippen LogP) is 1.57. The van der Waals surface area contributed by atoms with Gasteiger partial charge < -0.3 is 15.3 Å². The highest BCUT2D eigenvalue weighted by Crippen LogP contribution is 2.49. The summed E-state index contributed by atoms with van der Waals surface area (Å²) in [6.07, 6.45) is 9.56. The van der Waals surface area contributed by atoms with Gasteiger partial charge in [0.25, 0.3) is 0 Å². The summed E-state index contributed by atoms with van der Waals surface area (Å²) in [5, 5.41) is 30.8. The lowest BCUT2D eigenvalue weighted by molar-refractivity contribution is -0.182. The minimum atomic E-state index is -1.22. The van der Waals surface area contributed by atoms with Gasteiger partial charge in [-0.05, 0) is 31.6 Å². The second kappa shape index (κ2) is 5.82. The summed E-state index contributed by atoms with van der Waals surface area (Å²) < 4.78 is 0. The fraction of sp³-hybridized carbons (Fsp3) is 0.824. The van der Waals surface area contributed by atoms with E-state index in [4.69, 9.17) is 0 Å². The molecular weight excluding hydrogens is 268 g/mol. The summed E-state index contributed by atoms with van der Waals surface area (Å²) in [6.45, 7) is 0. The molecule has 4 heteroatoms. The summed E-state index contributed by atoms with van der Waals surface area (Å²) in [5.74, 6) is -0.161. The molecule has 0 spiro atoms. The van der Waals surface area contributed by atoms with Crippen LogP contribution >= 0.6 is 0 Å². The zero-order valence-corrected chi connectivity index (χ0v) is 12.4. The topological polar surface area (TPSA) is 77.8 Å². The molecule has 3 saturated carbocycles. The SMILES string of the molecule is O=C1C[C@H]2[C@H](/C=C/[C@@H](O)C3CCCCC3)[C@@H](O)CC[C@@]12O. The highest BCUT2D eigenvalue weighted by Gasteiger charge is 2.59. The van der Waals surface area contributed by atoms with Crippen LogP contribution in [-0.2, 0) is 4.79 Å². The molecule has 0 bridgehead atoms. The van der Waals surface area contributed by atoms with Crippen molar-refractivity contribution in [2.75, 3.05) is 0 Å². The zero-order chi connectivity index (χ0) is 15.0. The smallest absolute Gasteiger partial charge is 0.165 e. The van der Waals surface area contributed by atoms with E-state index in [-0.39, 0.29) is 17.6 Å². The number of Topliss-reactive ketones (excluding diaryl/α,β-unsaturated/α-hetero) is 1. The largest absolute Gasteiger partial charge is 0.393 e. The monoisotopic (exact) mass is 294 g/mol. The Morgan fingerprint density at radius 3 is 2.57 bits per heavy atom. The van der Waals surface area contributed by atoms with Crippen LogP contribution in [-0.4, -0.2) is 38.9 Å². The van der Waals surface area contributed by atoms with E-state index in [1.807, 2.05) is 6.08 Å². The number of fused-ring (bicyclic) bond motifs is 1. The first-order valence-corrected chi connectivity index (χ1v) is 8.32. The Kier molecular flexibility index (Phi) is 4.21. The van der Waals surface area contributed by atoms with Crippen molar-refractivity contribution in [1.82, 2.24) is 0 Å². The van der Waals surface area contributed by atoms with Gasteiger partial charge in [0.15, 0.2) is 5.78 Å². The van der Waals surface area contributed by atoms with Crippen LogP contribution in [0, 0.1) is 17.8 Å². The number of aliphatic hydroxyl groups excluding tert-OH is 2. The van der Waals surface area contributed by atoms with E-state index in [2.05, 4.69) is 0 Å². The van der Waals surface area contributed by atoms with Crippen LogP contribution in [0.15, 0.2) is 12.2 Å². The van der Waals surface area contributed by atoms with Gasteiger partial charge in [-0.1, -0.05) is 31.4 Å². The summed E-state index contributed by atoms with van der Waals surface area (Å²) in [6, 6.07) is 0. The fourth-order valence-electron chi connectivity index (χ4n) is 4.37. The van der Waals surface area contributed by atoms with Crippen molar-refractivity contribution in [2.24, 2.45) is 17.8 Å². The van der Waals surface area contributed by atoms with Crippen molar-refractivity contribution in [3.8, 4) is 0 Å². The lowest BCUT2D eigenvalue weighted by Crippen LogP contribution is -2.63. The number of hydrogen-bond donors (Lipinski definition) is 3. The van der Waals surface area contributed by atoms with Crippen molar-refractivity contribution in [3.05, 3.63) is 12.2 Å². The molecule has 3 aliphatic carbocycles. The number of aliphatic hydroxyl groups is 3. The minimum Gasteiger partial charge on any atom is -0.393 e. The molecule has 118 valence electrons. The molecule has 0 aromatic heterocycles. The molecule has 3 N–H and O–H groups in total. The van der Waals surface area contributed by atoms with E-state index < -0.39 is 17.8 Å². The van der Waals surface area contributed by atoms with Crippen LogP contribution in [0.4, 0.5) is 0 Å². The summed E-state index contributed by atoms with van der Waals surface area (Å²) in [4.78, 5) is 11.6. The van der Waals surface area contributed by atoms with Gasteiger partial charge in [0.05, 0.1) is 12.2 Å². The molecule has 0 unspecified atom stereocenters. The van der Waals surface area contributed by atoms with Gasteiger partial charge in [0.2, 0.25) is 0 Å². The van der Waals surface area contributed by atoms with E-state index in [1.165, 1.54) is 19.3 Å². The predicted molar refractivity (Wildman–Crippen MR) is 78.5 cm³/mol. The van der Waals surface area contributed by atoms with Crippen LogP contribution in [0.3, 0.4) is 0 Å². The highest BCUT2D eigenvalue weighted by molar-refractivity contribution is 5.94. The van der Waals surface area contributed by atoms with Gasteiger partial charge >= 0.3 is 0 Å². The molecule has 0 saturated heterocycles. The Bertz CT molecular complexity index is 427. The Balaban J connectivity index is 1.65. The maximum atomic E-state index is 11.6. The molecule has 0 amide bonds. The van der Waals surface area contributed by atoms with Gasteiger partial charge in [0.1, 0.15) is 5.60 Å². The van der Waals surface area contributed by atoms with Gasteiger partial charge in [-0.25, -0.2) is 0 Å². The van der Waals surface area contributed by atoms with Crippen LogP contribution in [0.5, 0.6) is 0 Å². The van der Waals surface area contributed by atoms with E-state index >= 15 is 0 Å². The van der Waals surface area contributed by atoms with Crippen LogP contribution in [0.1, 0.15) is 51.4 Å². The standard InChI is InChI=1S/C17H26O4/c18-14(11-4-2-1-3-5-11)7-6-12-13-10-16(20)17(13,21)9-8-15(12)19/h6-7,11-15,18-19,21H,1-5,8-10H2/b7-6+/t12-,13-,14+,15-,17-/m0/s1. The van der Waals surface area contributed by atoms with E-state index in [1.54, 1.807) is 6.08 Å². The fourth-order valence-corrected chi connectivity index (χ4v) is 4.37. The number of carbonyl (C=O) groups is 1. The second-order valence-electron chi connectivity index (χ2n) is 7.12. The lowest BCUT2D eigenvalue weighted by Gasteiger charge is -2.52. The summed E-state index contributed by atoms with van der Waals surface area (Å²) in [5.41, 5.74) is -1.22. The molecule has 4 nitrogen and oxygen atoms in total. The average Bonchev–Trinajstić information content (AvgIpc) is 2.51. The first kappa shape index (κ1) is 15.2. The molecule has 5 atom stereocenters. The maximum absolute atomic E-state index is 11.6. The van der Waals surface area contributed by atoms with E-state index in [9.17, 15) is 20.1 Å².